The molecule has 0 saturated heterocycles. The highest BCUT2D eigenvalue weighted by atomic mass is 16.2. The molecule has 3 heteroatoms. The minimum absolute atomic E-state index is 0.0704. The minimum Gasteiger partial charge on any atom is -0.330 e. The molecule has 17 heavy (non-hydrogen) atoms. The third-order valence-electron chi connectivity index (χ3n) is 3.28. The molecule has 1 aromatic carbocycles. The third kappa shape index (κ3) is 2.14. The van der Waals surface area contributed by atoms with Crippen molar-refractivity contribution < 1.29 is 4.79 Å². The van der Waals surface area contributed by atoms with E-state index in [1.165, 1.54) is 11.1 Å². The molecule has 0 fully saturated rings. The Labute approximate surface area is 103 Å². The van der Waals surface area contributed by atoms with Crippen LogP contribution >= 0.6 is 0 Å². The van der Waals surface area contributed by atoms with E-state index >= 15 is 0 Å². The normalized spacial score (nSPS) is 14.1. The van der Waals surface area contributed by atoms with Gasteiger partial charge in [0.2, 0.25) is 0 Å². The molecule has 0 N–H and O–H groups in total. The first-order chi connectivity index (χ1) is 8.00. The SMILES string of the molecule is CC(C)c1ccc2c(c1)CCN2C(=O)N(C)C. The molecule has 1 aromatic rings. The summed E-state index contributed by atoms with van der Waals surface area (Å²) in [6.45, 7) is 5.19. The fourth-order valence-corrected chi connectivity index (χ4v) is 2.22. The smallest absolute Gasteiger partial charge is 0.323 e. The summed E-state index contributed by atoms with van der Waals surface area (Å²) >= 11 is 0. The van der Waals surface area contributed by atoms with Crippen molar-refractivity contribution in [1.29, 1.82) is 0 Å². The Hall–Kier alpha value is -1.51. The van der Waals surface area contributed by atoms with E-state index in [4.69, 9.17) is 0 Å². The van der Waals surface area contributed by atoms with Gasteiger partial charge in [-0.1, -0.05) is 26.0 Å². The number of carbonyl (C=O) groups is 1. The van der Waals surface area contributed by atoms with Gasteiger partial charge in [-0.25, -0.2) is 4.79 Å². The molecule has 0 aromatic heterocycles. The first-order valence-electron chi connectivity index (χ1n) is 6.12. The topological polar surface area (TPSA) is 23.6 Å². The molecule has 0 radical (unpaired) electrons. The second kappa shape index (κ2) is 4.40. The molecule has 1 aliphatic rings. The van der Waals surface area contributed by atoms with Crippen molar-refractivity contribution in [2.24, 2.45) is 0 Å². The van der Waals surface area contributed by atoms with E-state index in [9.17, 15) is 4.79 Å². The molecule has 2 rings (SSSR count). The fourth-order valence-electron chi connectivity index (χ4n) is 2.22. The standard InChI is InChI=1S/C14H20N2O/c1-10(2)11-5-6-13-12(9-11)7-8-16(13)14(17)15(3)4/h5-6,9-10H,7-8H2,1-4H3. The van der Waals surface area contributed by atoms with E-state index in [2.05, 4.69) is 32.0 Å². The first-order valence-corrected chi connectivity index (χ1v) is 6.12. The van der Waals surface area contributed by atoms with Gasteiger partial charge in [0.25, 0.3) is 0 Å². The van der Waals surface area contributed by atoms with Crippen molar-refractivity contribution in [2.75, 3.05) is 25.5 Å². The number of benzene rings is 1. The second-order valence-electron chi connectivity index (χ2n) is 5.12. The van der Waals surface area contributed by atoms with Crippen molar-refractivity contribution in [3.63, 3.8) is 0 Å². The quantitative estimate of drug-likeness (QED) is 0.730. The van der Waals surface area contributed by atoms with Crippen molar-refractivity contribution >= 4 is 11.7 Å². The lowest BCUT2D eigenvalue weighted by Gasteiger charge is -2.22. The van der Waals surface area contributed by atoms with Gasteiger partial charge in [-0.05, 0) is 29.5 Å². The van der Waals surface area contributed by atoms with Crippen LogP contribution in [0.3, 0.4) is 0 Å². The lowest BCUT2D eigenvalue weighted by Crippen LogP contribution is -2.38. The Kier molecular flexibility index (Phi) is 3.09. The molecule has 0 aliphatic carbocycles. The first kappa shape index (κ1) is 12.0. The Balaban J connectivity index is 2.31. The van der Waals surface area contributed by atoms with Gasteiger partial charge in [0.05, 0.1) is 0 Å². The zero-order chi connectivity index (χ0) is 12.6. The summed E-state index contributed by atoms with van der Waals surface area (Å²) in [6.07, 6.45) is 0.968. The summed E-state index contributed by atoms with van der Waals surface area (Å²) in [4.78, 5) is 15.5. The van der Waals surface area contributed by atoms with Crippen molar-refractivity contribution in [2.45, 2.75) is 26.2 Å². The van der Waals surface area contributed by atoms with Crippen LogP contribution in [-0.2, 0) is 6.42 Å². The monoisotopic (exact) mass is 232 g/mol. The summed E-state index contributed by atoms with van der Waals surface area (Å²) in [7, 11) is 3.59. The average molecular weight is 232 g/mol. The van der Waals surface area contributed by atoms with Crippen LogP contribution < -0.4 is 4.90 Å². The van der Waals surface area contributed by atoms with Gasteiger partial charge >= 0.3 is 6.03 Å². The van der Waals surface area contributed by atoms with E-state index in [-0.39, 0.29) is 6.03 Å². The van der Waals surface area contributed by atoms with Gasteiger partial charge in [-0.15, -0.1) is 0 Å². The maximum absolute atomic E-state index is 12.0. The van der Waals surface area contributed by atoms with Gasteiger partial charge in [-0.2, -0.15) is 0 Å². The van der Waals surface area contributed by atoms with E-state index < -0.39 is 0 Å². The lowest BCUT2D eigenvalue weighted by atomic mass is 10.00. The summed E-state index contributed by atoms with van der Waals surface area (Å²) < 4.78 is 0. The highest BCUT2D eigenvalue weighted by Gasteiger charge is 2.25. The molecule has 0 bridgehead atoms. The van der Waals surface area contributed by atoms with E-state index in [0.717, 1.165) is 18.7 Å². The van der Waals surface area contributed by atoms with Crippen LogP contribution in [0.25, 0.3) is 0 Å². The second-order valence-corrected chi connectivity index (χ2v) is 5.12. The van der Waals surface area contributed by atoms with Crippen LogP contribution in [0, 0.1) is 0 Å². The van der Waals surface area contributed by atoms with Gasteiger partial charge in [0, 0.05) is 26.3 Å². The molecule has 0 atom stereocenters. The maximum Gasteiger partial charge on any atom is 0.323 e. The molecule has 1 aliphatic heterocycles. The number of hydrogen-bond acceptors (Lipinski definition) is 1. The van der Waals surface area contributed by atoms with Crippen molar-refractivity contribution in [3.05, 3.63) is 29.3 Å². The molecule has 92 valence electrons. The summed E-state index contributed by atoms with van der Waals surface area (Å²) in [5.41, 5.74) is 3.72. The highest BCUT2D eigenvalue weighted by Crippen LogP contribution is 2.31. The molecular formula is C14H20N2O. The number of hydrogen-bond donors (Lipinski definition) is 0. The Morgan fingerprint density at radius 3 is 2.65 bits per heavy atom. The number of rotatable bonds is 1. The van der Waals surface area contributed by atoms with Crippen LogP contribution in [-0.4, -0.2) is 31.6 Å². The van der Waals surface area contributed by atoms with Crippen LogP contribution in [0.4, 0.5) is 10.5 Å². The summed E-state index contributed by atoms with van der Waals surface area (Å²) in [5.74, 6) is 0.541. The van der Waals surface area contributed by atoms with Crippen LogP contribution in [0.5, 0.6) is 0 Å². The van der Waals surface area contributed by atoms with Gasteiger partial charge < -0.3 is 4.90 Å². The fraction of sp³-hybridized carbons (Fsp3) is 0.500. The van der Waals surface area contributed by atoms with Crippen LogP contribution in [0.15, 0.2) is 18.2 Å². The maximum atomic E-state index is 12.0. The molecule has 2 amide bonds. The molecule has 0 spiro atoms. The lowest BCUT2D eigenvalue weighted by molar-refractivity contribution is 0.224. The molecule has 0 saturated carbocycles. The predicted octanol–water partition coefficient (Wildman–Crippen LogP) is 2.85. The largest absolute Gasteiger partial charge is 0.330 e. The number of anilines is 1. The number of fused-ring (bicyclic) bond motifs is 1. The van der Waals surface area contributed by atoms with Gasteiger partial charge in [0.15, 0.2) is 0 Å². The third-order valence-corrected chi connectivity index (χ3v) is 3.28. The minimum atomic E-state index is 0.0704. The van der Waals surface area contributed by atoms with E-state index in [0.29, 0.717) is 5.92 Å². The molecule has 3 nitrogen and oxygen atoms in total. The van der Waals surface area contributed by atoms with Gasteiger partial charge in [0.1, 0.15) is 0 Å². The number of carbonyl (C=O) groups excluding carboxylic acids is 1. The van der Waals surface area contributed by atoms with Crippen molar-refractivity contribution in [1.82, 2.24) is 4.90 Å². The van der Waals surface area contributed by atoms with Crippen molar-refractivity contribution in [3.8, 4) is 0 Å². The number of amides is 2. The van der Waals surface area contributed by atoms with Crippen LogP contribution in [0.1, 0.15) is 30.9 Å². The zero-order valence-electron chi connectivity index (χ0n) is 11.0. The summed E-state index contributed by atoms with van der Waals surface area (Å²) in [5, 5.41) is 0. The molecular weight excluding hydrogens is 212 g/mol. The Bertz CT molecular complexity index is 438. The molecule has 0 unspecified atom stereocenters. The number of urea groups is 1. The van der Waals surface area contributed by atoms with E-state index in [1.54, 1.807) is 19.0 Å². The Morgan fingerprint density at radius 2 is 2.06 bits per heavy atom. The Morgan fingerprint density at radius 1 is 1.35 bits per heavy atom. The predicted molar refractivity (Wildman–Crippen MR) is 70.7 cm³/mol. The highest BCUT2D eigenvalue weighted by molar-refractivity contribution is 5.94. The van der Waals surface area contributed by atoms with Crippen LogP contribution in [0.2, 0.25) is 0 Å². The molecule has 1 heterocycles. The summed E-state index contributed by atoms with van der Waals surface area (Å²) in [6, 6.07) is 6.52. The zero-order valence-corrected chi connectivity index (χ0v) is 11.0. The van der Waals surface area contributed by atoms with Gasteiger partial charge in [-0.3, -0.25) is 4.90 Å². The average Bonchev–Trinajstić information content (AvgIpc) is 2.70. The van der Waals surface area contributed by atoms with E-state index in [1.807, 2.05) is 4.90 Å². The number of nitrogens with zero attached hydrogens (tertiary/aromatic N) is 2.